The fraction of sp³-hybridized carbons (Fsp3) is 0.588. The van der Waals surface area contributed by atoms with Crippen molar-refractivity contribution in [3.8, 4) is 11.5 Å². The molecule has 0 radical (unpaired) electrons. The third-order valence-corrected chi connectivity index (χ3v) is 6.91. The van der Waals surface area contributed by atoms with Crippen molar-refractivity contribution < 1.29 is 22.7 Å². The Morgan fingerprint density at radius 3 is 2.46 bits per heavy atom. The number of amides is 1. The standard InChI is InChI=1S/C17H22N2O5S.ClH/c20-17(19-10-12-8-18-9-13(12)11-19)3-6-25(21,22)14-1-2-15-16(7-14)24-5-4-23-15;/h1-2,7,12-13,18H,3-6,8-11H2;1H/t12-,13+;. The average molecular weight is 403 g/mol. The Morgan fingerprint density at radius 1 is 1.12 bits per heavy atom. The summed E-state index contributed by atoms with van der Waals surface area (Å²) >= 11 is 0. The highest BCUT2D eigenvalue weighted by atomic mass is 35.5. The summed E-state index contributed by atoms with van der Waals surface area (Å²) in [5.41, 5.74) is 0. The average Bonchev–Trinajstić information content (AvgIpc) is 3.21. The first kappa shape index (κ1) is 19.3. The van der Waals surface area contributed by atoms with E-state index in [2.05, 4.69) is 5.32 Å². The maximum Gasteiger partial charge on any atom is 0.223 e. The van der Waals surface area contributed by atoms with Crippen molar-refractivity contribution in [2.75, 3.05) is 45.1 Å². The zero-order valence-corrected chi connectivity index (χ0v) is 16.0. The minimum Gasteiger partial charge on any atom is -0.486 e. The monoisotopic (exact) mass is 402 g/mol. The Labute approximate surface area is 159 Å². The number of ether oxygens (including phenoxy) is 2. The van der Waals surface area contributed by atoms with Gasteiger partial charge < -0.3 is 19.7 Å². The van der Waals surface area contributed by atoms with E-state index in [0.717, 1.165) is 26.2 Å². The van der Waals surface area contributed by atoms with Crippen molar-refractivity contribution in [2.24, 2.45) is 11.8 Å². The molecule has 1 aromatic rings. The molecule has 0 spiro atoms. The molecule has 26 heavy (non-hydrogen) atoms. The van der Waals surface area contributed by atoms with Crippen LogP contribution in [0.1, 0.15) is 6.42 Å². The zero-order valence-electron chi connectivity index (χ0n) is 14.3. The molecule has 3 aliphatic heterocycles. The largest absolute Gasteiger partial charge is 0.486 e. The lowest BCUT2D eigenvalue weighted by Gasteiger charge is -2.19. The highest BCUT2D eigenvalue weighted by molar-refractivity contribution is 7.91. The molecule has 4 rings (SSSR count). The van der Waals surface area contributed by atoms with Crippen molar-refractivity contribution in [2.45, 2.75) is 11.3 Å². The van der Waals surface area contributed by atoms with Crippen LogP contribution in [0.25, 0.3) is 0 Å². The van der Waals surface area contributed by atoms with Crippen LogP contribution < -0.4 is 14.8 Å². The van der Waals surface area contributed by atoms with Crippen molar-refractivity contribution in [1.29, 1.82) is 0 Å². The van der Waals surface area contributed by atoms with Crippen LogP contribution in [0.2, 0.25) is 0 Å². The molecule has 1 N–H and O–H groups in total. The molecular formula is C17H23ClN2O5S. The van der Waals surface area contributed by atoms with E-state index in [1.807, 2.05) is 4.90 Å². The lowest BCUT2D eigenvalue weighted by molar-refractivity contribution is -0.130. The molecule has 144 valence electrons. The van der Waals surface area contributed by atoms with Crippen molar-refractivity contribution >= 4 is 28.2 Å². The lowest BCUT2D eigenvalue weighted by Crippen LogP contribution is -2.32. The zero-order chi connectivity index (χ0) is 17.4. The maximum atomic E-state index is 12.6. The number of fused-ring (bicyclic) bond motifs is 2. The van der Waals surface area contributed by atoms with E-state index >= 15 is 0 Å². The van der Waals surface area contributed by atoms with Crippen LogP contribution in [0.5, 0.6) is 11.5 Å². The highest BCUT2D eigenvalue weighted by Crippen LogP contribution is 2.33. The molecule has 0 aliphatic carbocycles. The van der Waals surface area contributed by atoms with E-state index in [1.54, 1.807) is 6.07 Å². The van der Waals surface area contributed by atoms with E-state index in [4.69, 9.17) is 9.47 Å². The second-order valence-corrected chi connectivity index (χ2v) is 8.96. The molecular weight excluding hydrogens is 380 g/mol. The van der Waals surface area contributed by atoms with Gasteiger partial charge in [-0.15, -0.1) is 12.4 Å². The fourth-order valence-electron chi connectivity index (χ4n) is 3.77. The third-order valence-electron chi connectivity index (χ3n) is 5.20. The normalized spacial score (nSPS) is 24.1. The molecule has 7 nitrogen and oxygen atoms in total. The van der Waals surface area contributed by atoms with Crippen LogP contribution in [-0.4, -0.2) is 64.4 Å². The quantitative estimate of drug-likeness (QED) is 0.798. The number of nitrogens with one attached hydrogen (secondary N) is 1. The highest BCUT2D eigenvalue weighted by Gasteiger charge is 2.38. The van der Waals surface area contributed by atoms with Crippen LogP contribution >= 0.6 is 12.4 Å². The number of likely N-dealkylation sites (tertiary alicyclic amines) is 1. The first-order valence-corrected chi connectivity index (χ1v) is 10.3. The van der Waals surface area contributed by atoms with E-state index in [-0.39, 0.29) is 35.4 Å². The van der Waals surface area contributed by atoms with E-state index < -0.39 is 9.84 Å². The molecule has 3 heterocycles. The smallest absolute Gasteiger partial charge is 0.223 e. The number of rotatable bonds is 4. The number of nitrogens with zero attached hydrogens (tertiary/aromatic N) is 1. The lowest BCUT2D eigenvalue weighted by atomic mass is 10.0. The minimum atomic E-state index is -3.53. The molecule has 1 aromatic carbocycles. The summed E-state index contributed by atoms with van der Waals surface area (Å²) < 4.78 is 36.0. The number of hydrogen-bond acceptors (Lipinski definition) is 6. The molecule has 3 aliphatic rings. The van der Waals surface area contributed by atoms with Crippen molar-refractivity contribution in [3.05, 3.63) is 18.2 Å². The summed E-state index contributed by atoms with van der Waals surface area (Å²) in [6.07, 6.45) is 0.0175. The van der Waals surface area contributed by atoms with Crippen molar-refractivity contribution in [1.82, 2.24) is 10.2 Å². The summed E-state index contributed by atoms with van der Waals surface area (Å²) in [4.78, 5) is 14.4. The van der Waals surface area contributed by atoms with Gasteiger partial charge in [-0.1, -0.05) is 0 Å². The molecule has 0 aromatic heterocycles. The first-order valence-electron chi connectivity index (χ1n) is 8.64. The Hall–Kier alpha value is -1.51. The van der Waals surface area contributed by atoms with Gasteiger partial charge in [0.1, 0.15) is 13.2 Å². The Balaban J connectivity index is 0.00000196. The van der Waals surface area contributed by atoms with Gasteiger partial charge in [-0.05, 0) is 24.0 Å². The van der Waals surface area contributed by atoms with E-state index in [9.17, 15) is 13.2 Å². The maximum absolute atomic E-state index is 12.6. The van der Waals surface area contributed by atoms with Gasteiger partial charge >= 0.3 is 0 Å². The first-order chi connectivity index (χ1) is 12.0. The minimum absolute atomic E-state index is 0. The predicted octanol–water partition coefficient (Wildman–Crippen LogP) is 0.721. The number of carbonyl (C=O) groups is 1. The second-order valence-electron chi connectivity index (χ2n) is 6.85. The fourth-order valence-corrected chi connectivity index (χ4v) is 5.01. The molecule has 2 saturated heterocycles. The van der Waals surface area contributed by atoms with Gasteiger partial charge in [-0.25, -0.2) is 8.42 Å². The van der Waals surface area contributed by atoms with Gasteiger partial charge in [0.2, 0.25) is 5.91 Å². The van der Waals surface area contributed by atoms with Gasteiger partial charge in [0.05, 0.1) is 10.6 Å². The van der Waals surface area contributed by atoms with Crippen LogP contribution in [-0.2, 0) is 14.6 Å². The SMILES string of the molecule is Cl.O=C(CCS(=O)(=O)c1ccc2c(c1)OCCO2)N1C[C@H]2CNC[C@H]2C1. The number of halogens is 1. The molecule has 9 heteroatoms. The number of carbonyl (C=O) groups excluding carboxylic acids is 1. The number of benzene rings is 1. The summed E-state index contributed by atoms with van der Waals surface area (Å²) in [6, 6.07) is 4.61. The van der Waals surface area contributed by atoms with E-state index in [1.165, 1.54) is 12.1 Å². The number of hydrogen-bond donors (Lipinski definition) is 1. The summed E-state index contributed by atoms with van der Waals surface area (Å²) in [5, 5.41) is 3.33. The topological polar surface area (TPSA) is 84.9 Å². The third kappa shape index (κ3) is 3.77. The molecule has 0 saturated carbocycles. The van der Waals surface area contributed by atoms with Gasteiger partial charge in [0.25, 0.3) is 0 Å². The van der Waals surface area contributed by atoms with Gasteiger partial charge in [0.15, 0.2) is 21.3 Å². The Bertz CT molecular complexity index is 773. The second kappa shape index (κ2) is 7.62. The van der Waals surface area contributed by atoms with Crippen molar-refractivity contribution in [3.63, 3.8) is 0 Å². The molecule has 2 atom stereocenters. The molecule has 1 amide bonds. The predicted molar refractivity (Wildman–Crippen MR) is 97.8 cm³/mol. The van der Waals surface area contributed by atoms with Crippen LogP contribution in [0, 0.1) is 11.8 Å². The summed E-state index contributed by atoms with van der Waals surface area (Å²) in [6.45, 7) is 4.23. The Kier molecular flexibility index (Phi) is 5.64. The van der Waals surface area contributed by atoms with Crippen LogP contribution in [0.3, 0.4) is 0 Å². The van der Waals surface area contributed by atoms with Crippen LogP contribution in [0.4, 0.5) is 0 Å². The van der Waals surface area contributed by atoms with Gasteiger partial charge in [0, 0.05) is 38.7 Å². The van der Waals surface area contributed by atoms with E-state index in [0.29, 0.717) is 36.5 Å². The Morgan fingerprint density at radius 2 is 1.77 bits per heavy atom. The summed E-state index contributed by atoms with van der Waals surface area (Å²) in [7, 11) is -3.53. The summed E-state index contributed by atoms with van der Waals surface area (Å²) in [5.74, 6) is 1.76. The molecule has 2 fully saturated rings. The molecule has 0 bridgehead atoms. The van der Waals surface area contributed by atoms with Gasteiger partial charge in [-0.3, -0.25) is 4.79 Å². The molecule has 0 unspecified atom stereocenters. The van der Waals surface area contributed by atoms with Crippen LogP contribution in [0.15, 0.2) is 23.1 Å². The van der Waals surface area contributed by atoms with Gasteiger partial charge in [-0.2, -0.15) is 0 Å². The number of sulfone groups is 1.